The Labute approximate surface area is 144 Å². The summed E-state index contributed by atoms with van der Waals surface area (Å²) in [6.07, 6.45) is 7.40. The number of nitrogens with zero attached hydrogens (tertiary/aromatic N) is 1. The Morgan fingerprint density at radius 2 is 1.77 bits per heavy atom. The molecule has 0 aromatic carbocycles. The fraction of sp³-hybridized carbons (Fsp3) is 0.733. The van der Waals surface area contributed by atoms with Gasteiger partial charge in [-0.25, -0.2) is 4.79 Å². The Bertz CT molecular complexity index is 353. The number of aliphatic carboxylic acids is 2. The monoisotopic (exact) mass is 308 g/mol. The van der Waals surface area contributed by atoms with Gasteiger partial charge in [-0.2, -0.15) is 0 Å². The topological polar surface area (TPSA) is 97.7 Å². The second kappa shape index (κ2) is 11.7. The molecule has 22 heavy (non-hydrogen) atoms. The zero-order chi connectivity index (χ0) is 16.5. The molecule has 3 atom stereocenters. The molecule has 0 radical (unpaired) electrons. The minimum atomic E-state index is -1.34. The van der Waals surface area contributed by atoms with Gasteiger partial charge in [0.1, 0.15) is 6.04 Å². The van der Waals surface area contributed by atoms with E-state index in [-0.39, 0.29) is 18.9 Å². The standard InChI is InChI=1S/C15H27NO5.Li/c1-4-5-6-7-8-9-10-16(11-17,12(2)14(18)19)13(3)15(20)21;/h5-6,12-13,17H,4,7-11H2,1-3H3,(H-,18,19,20,21);/q;+1/b6-5+;. The van der Waals surface area contributed by atoms with Crippen molar-refractivity contribution in [3.8, 4) is 0 Å². The SMILES string of the molecule is CC/C=C/CCCC[N+](CO)(C(C)C(=O)[O-])C(C)C(=O)O.[Li+]. The Morgan fingerprint density at radius 3 is 2.18 bits per heavy atom. The maximum atomic E-state index is 11.3. The number of rotatable bonds is 11. The van der Waals surface area contributed by atoms with Gasteiger partial charge in [-0.3, -0.25) is 4.48 Å². The molecule has 0 amide bonds. The molecule has 3 unspecified atom stereocenters. The third-order valence-electron chi connectivity index (χ3n) is 4.10. The van der Waals surface area contributed by atoms with Gasteiger partial charge in [-0.1, -0.05) is 19.1 Å². The van der Waals surface area contributed by atoms with Crippen molar-refractivity contribution in [1.29, 1.82) is 0 Å². The number of unbranched alkanes of at least 4 members (excludes halogenated alkanes) is 2. The van der Waals surface area contributed by atoms with Crippen molar-refractivity contribution in [2.75, 3.05) is 13.3 Å². The van der Waals surface area contributed by atoms with Crippen molar-refractivity contribution in [2.45, 2.75) is 58.5 Å². The van der Waals surface area contributed by atoms with E-state index in [0.717, 1.165) is 19.3 Å². The average Bonchev–Trinajstić information content (AvgIpc) is 2.45. The predicted octanol–water partition coefficient (Wildman–Crippen LogP) is -2.49. The summed E-state index contributed by atoms with van der Waals surface area (Å²) >= 11 is 0. The van der Waals surface area contributed by atoms with Gasteiger partial charge < -0.3 is 20.1 Å². The number of hydrogen-bond donors (Lipinski definition) is 2. The summed E-state index contributed by atoms with van der Waals surface area (Å²) in [6, 6.07) is -2.08. The molecule has 0 saturated carbocycles. The number of quaternary nitrogens is 1. The molecule has 0 aliphatic rings. The minimum absolute atomic E-state index is 0. The summed E-state index contributed by atoms with van der Waals surface area (Å²) in [5.74, 6) is -2.47. The molecule has 0 aromatic heterocycles. The van der Waals surface area contributed by atoms with Crippen molar-refractivity contribution in [1.82, 2.24) is 0 Å². The van der Waals surface area contributed by atoms with Crippen molar-refractivity contribution in [3.63, 3.8) is 0 Å². The molecule has 0 aromatic rings. The molecule has 0 aliphatic heterocycles. The first kappa shape index (κ1) is 23.5. The fourth-order valence-electron chi connectivity index (χ4n) is 2.42. The van der Waals surface area contributed by atoms with Gasteiger partial charge in [-0.05, 0) is 39.5 Å². The third-order valence-corrected chi connectivity index (χ3v) is 4.10. The molecule has 7 heteroatoms. The molecule has 0 aliphatic carbocycles. The van der Waals surface area contributed by atoms with E-state index in [1.54, 1.807) is 0 Å². The van der Waals surface area contributed by atoms with Crippen LogP contribution in [-0.2, 0) is 9.59 Å². The number of carboxylic acids is 2. The van der Waals surface area contributed by atoms with Gasteiger partial charge in [0.15, 0.2) is 12.8 Å². The number of carboxylic acid groups (broad SMARTS) is 2. The Kier molecular flexibility index (Phi) is 12.5. The first-order valence-corrected chi connectivity index (χ1v) is 7.39. The van der Waals surface area contributed by atoms with Crippen molar-refractivity contribution < 1.29 is 48.3 Å². The van der Waals surface area contributed by atoms with Gasteiger partial charge in [0.25, 0.3) is 0 Å². The van der Waals surface area contributed by atoms with Crippen LogP contribution in [0.25, 0.3) is 0 Å². The van der Waals surface area contributed by atoms with Crippen molar-refractivity contribution in [2.24, 2.45) is 0 Å². The molecule has 0 saturated heterocycles. The van der Waals surface area contributed by atoms with Gasteiger partial charge in [-0.15, -0.1) is 0 Å². The molecule has 0 rings (SSSR count). The maximum absolute atomic E-state index is 11.3. The number of hydrogen-bond acceptors (Lipinski definition) is 4. The van der Waals surface area contributed by atoms with Crippen molar-refractivity contribution in [3.05, 3.63) is 12.2 Å². The summed E-state index contributed by atoms with van der Waals surface area (Å²) in [5.41, 5.74) is 0. The molecular formula is C15H27LiNO5+. The summed E-state index contributed by atoms with van der Waals surface area (Å²) in [4.78, 5) is 22.4. The van der Waals surface area contributed by atoms with Gasteiger partial charge in [0.2, 0.25) is 0 Å². The number of aliphatic hydroxyl groups is 1. The molecule has 0 spiro atoms. The normalized spacial score (nSPS) is 16.5. The summed E-state index contributed by atoms with van der Waals surface area (Å²) in [6.45, 7) is 4.61. The number of carbonyl (C=O) groups is 2. The van der Waals surface area contributed by atoms with Crippen LogP contribution in [0.3, 0.4) is 0 Å². The first-order valence-electron chi connectivity index (χ1n) is 7.39. The van der Waals surface area contributed by atoms with E-state index in [0.29, 0.717) is 13.0 Å². The largest absolute Gasteiger partial charge is 1.00 e. The fourth-order valence-corrected chi connectivity index (χ4v) is 2.42. The molecule has 0 fully saturated rings. The maximum Gasteiger partial charge on any atom is 1.00 e. The zero-order valence-electron chi connectivity index (χ0n) is 14.1. The van der Waals surface area contributed by atoms with E-state index in [1.165, 1.54) is 13.8 Å². The van der Waals surface area contributed by atoms with Crippen LogP contribution in [0, 0.1) is 0 Å². The molecule has 122 valence electrons. The first-order chi connectivity index (χ1) is 9.83. The van der Waals surface area contributed by atoms with E-state index in [4.69, 9.17) is 0 Å². The average molecular weight is 308 g/mol. The Balaban J connectivity index is 0. The van der Waals surface area contributed by atoms with E-state index in [1.807, 2.05) is 6.92 Å². The van der Waals surface area contributed by atoms with Crippen LogP contribution >= 0.6 is 0 Å². The van der Waals surface area contributed by atoms with Crippen LogP contribution < -0.4 is 24.0 Å². The van der Waals surface area contributed by atoms with E-state index in [9.17, 15) is 24.9 Å². The smallest absolute Gasteiger partial charge is 0.544 e. The van der Waals surface area contributed by atoms with E-state index in [2.05, 4.69) is 12.2 Å². The second-order valence-electron chi connectivity index (χ2n) is 5.35. The molecule has 6 nitrogen and oxygen atoms in total. The second-order valence-corrected chi connectivity index (χ2v) is 5.35. The summed E-state index contributed by atoms with van der Waals surface area (Å²) in [5, 5.41) is 30.0. The molecule has 2 N–H and O–H groups in total. The minimum Gasteiger partial charge on any atom is -0.544 e. The van der Waals surface area contributed by atoms with Gasteiger partial charge >= 0.3 is 24.8 Å². The van der Waals surface area contributed by atoms with E-state index < -0.39 is 35.2 Å². The van der Waals surface area contributed by atoms with Crippen molar-refractivity contribution >= 4 is 11.9 Å². The quantitative estimate of drug-likeness (QED) is 0.145. The van der Waals surface area contributed by atoms with Gasteiger partial charge in [0, 0.05) is 0 Å². The molecule has 0 heterocycles. The van der Waals surface area contributed by atoms with Crippen LogP contribution in [0.4, 0.5) is 0 Å². The van der Waals surface area contributed by atoms with Crippen LogP contribution in [0.1, 0.15) is 46.5 Å². The van der Waals surface area contributed by atoms with Crippen LogP contribution in [-0.4, -0.2) is 52.0 Å². The Morgan fingerprint density at radius 1 is 1.18 bits per heavy atom. The van der Waals surface area contributed by atoms with Crippen LogP contribution in [0.2, 0.25) is 0 Å². The Hall–Kier alpha value is -0.803. The number of aliphatic hydroxyl groups excluding tert-OH is 1. The van der Waals surface area contributed by atoms with Crippen LogP contribution in [0.15, 0.2) is 12.2 Å². The number of carbonyl (C=O) groups excluding carboxylic acids is 1. The summed E-state index contributed by atoms with van der Waals surface area (Å²) < 4.78 is -0.408. The molecular weight excluding hydrogens is 281 g/mol. The summed E-state index contributed by atoms with van der Waals surface area (Å²) in [7, 11) is 0. The predicted molar refractivity (Wildman–Crippen MR) is 77.1 cm³/mol. The molecule has 0 bridgehead atoms. The van der Waals surface area contributed by atoms with Crippen LogP contribution in [0.5, 0.6) is 0 Å². The van der Waals surface area contributed by atoms with Gasteiger partial charge in [0.05, 0.1) is 12.5 Å². The zero-order valence-corrected chi connectivity index (χ0v) is 14.1. The third kappa shape index (κ3) is 6.53. The number of allylic oxidation sites excluding steroid dienone is 2. The van der Waals surface area contributed by atoms with E-state index >= 15 is 0 Å².